The van der Waals surface area contributed by atoms with Gasteiger partial charge in [0.1, 0.15) is 17.2 Å². The monoisotopic (exact) mass is 433 g/mol. The molecule has 5 nitrogen and oxygen atoms in total. The number of nitrogens with one attached hydrogen (secondary N) is 1. The summed E-state index contributed by atoms with van der Waals surface area (Å²) in [5.41, 5.74) is 9.69. The van der Waals surface area contributed by atoms with Gasteiger partial charge in [-0.3, -0.25) is 4.40 Å². The van der Waals surface area contributed by atoms with E-state index in [2.05, 4.69) is 71.2 Å². The average Bonchev–Trinajstić information content (AvgIpc) is 3.24. The van der Waals surface area contributed by atoms with E-state index in [1.165, 1.54) is 22.3 Å². The summed E-state index contributed by atoms with van der Waals surface area (Å²) in [6.07, 6.45) is 0. The van der Waals surface area contributed by atoms with Crippen LogP contribution in [0.25, 0.3) is 39.3 Å². The first kappa shape index (κ1) is 19.4. The van der Waals surface area contributed by atoms with E-state index in [-0.39, 0.29) is 0 Å². The van der Waals surface area contributed by atoms with E-state index >= 15 is 0 Å². The van der Waals surface area contributed by atoms with Gasteiger partial charge in [0.25, 0.3) is 0 Å². The van der Waals surface area contributed by atoms with E-state index in [1.807, 2.05) is 24.3 Å². The number of hydrogen-bond acceptors (Lipinski definition) is 4. The molecular formula is C28H23N3O2. The number of ether oxygens (including phenoxy) is 2. The maximum atomic E-state index is 5.56. The third-order valence-corrected chi connectivity index (χ3v) is 6.29. The van der Waals surface area contributed by atoms with Gasteiger partial charge in [-0.25, -0.2) is 4.98 Å². The summed E-state index contributed by atoms with van der Waals surface area (Å²) in [7, 11) is 3.29. The smallest absolute Gasteiger partial charge is 0.161 e. The van der Waals surface area contributed by atoms with Crippen LogP contribution >= 0.6 is 0 Å². The molecule has 6 rings (SSSR count). The van der Waals surface area contributed by atoms with Crippen LogP contribution in [0, 0.1) is 6.92 Å². The highest BCUT2D eigenvalue weighted by Gasteiger charge is 2.27. The molecule has 0 spiro atoms. The number of imidazole rings is 1. The van der Waals surface area contributed by atoms with Gasteiger partial charge in [0.15, 0.2) is 11.5 Å². The molecule has 1 aliphatic rings. The Hall–Kier alpha value is -4.25. The molecule has 3 heterocycles. The number of fused-ring (bicyclic) bond motifs is 2. The Bertz CT molecular complexity index is 1520. The first-order valence-electron chi connectivity index (χ1n) is 10.9. The van der Waals surface area contributed by atoms with Gasteiger partial charge in [0, 0.05) is 16.7 Å². The van der Waals surface area contributed by atoms with E-state index in [0.717, 1.165) is 34.1 Å². The van der Waals surface area contributed by atoms with Crippen molar-refractivity contribution >= 4 is 17.2 Å². The standard InChI is InChI=1S/C28H23N3O2/c1-17-8-7-11-21-25(17)30-28-26(19-12-14-22(32-2)23(16-19)33-3)29-24-15-13-20(27(21)31(24)28)18-9-5-4-6-10-18/h4-16,30H,1-3H3. The topological polar surface area (TPSA) is 47.8 Å². The van der Waals surface area contributed by atoms with Crippen molar-refractivity contribution in [3.05, 3.63) is 84.4 Å². The van der Waals surface area contributed by atoms with E-state index < -0.39 is 0 Å². The second-order valence-corrected chi connectivity index (χ2v) is 8.16. The second kappa shape index (κ2) is 7.41. The highest BCUT2D eigenvalue weighted by atomic mass is 16.5. The van der Waals surface area contributed by atoms with E-state index in [0.29, 0.717) is 11.5 Å². The lowest BCUT2D eigenvalue weighted by atomic mass is 9.95. The molecule has 0 saturated carbocycles. The fourth-order valence-corrected chi connectivity index (χ4v) is 4.70. The maximum Gasteiger partial charge on any atom is 0.161 e. The molecule has 0 amide bonds. The van der Waals surface area contributed by atoms with Crippen LogP contribution in [0.1, 0.15) is 5.56 Å². The molecule has 33 heavy (non-hydrogen) atoms. The number of aromatic nitrogens is 2. The summed E-state index contributed by atoms with van der Waals surface area (Å²) < 4.78 is 13.2. The van der Waals surface area contributed by atoms with Crippen LogP contribution in [-0.4, -0.2) is 23.6 Å². The molecule has 2 aromatic heterocycles. The Balaban J connectivity index is 1.68. The van der Waals surface area contributed by atoms with Crippen LogP contribution < -0.4 is 14.8 Å². The van der Waals surface area contributed by atoms with Crippen LogP contribution in [-0.2, 0) is 0 Å². The molecule has 0 saturated heterocycles. The minimum absolute atomic E-state index is 0.678. The van der Waals surface area contributed by atoms with Gasteiger partial charge in [-0.05, 0) is 48.4 Å². The highest BCUT2D eigenvalue weighted by molar-refractivity contribution is 5.97. The van der Waals surface area contributed by atoms with Crippen molar-refractivity contribution in [2.45, 2.75) is 6.92 Å². The molecule has 1 aliphatic heterocycles. The number of nitrogens with zero attached hydrogens (tertiary/aromatic N) is 2. The van der Waals surface area contributed by atoms with Crippen molar-refractivity contribution in [3.8, 4) is 45.1 Å². The van der Waals surface area contributed by atoms with Crippen molar-refractivity contribution in [2.75, 3.05) is 19.5 Å². The summed E-state index contributed by atoms with van der Waals surface area (Å²) in [5.74, 6) is 2.32. The molecule has 0 aliphatic carbocycles. The zero-order chi connectivity index (χ0) is 22.5. The lowest BCUT2D eigenvalue weighted by Crippen LogP contribution is -2.09. The number of anilines is 2. The Kier molecular flexibility index (Phi) is 4.37. The quantitative estimate of drug-likeness (QED) is 0.335. The zero-order valence-electron chi connectivity index (χ0n) is 18.7. The predicted molar refractivity (Wildman–Crippen MR) is 133 cm³/mol. The maximum absolute atomic E-state index is 5.56. The Morgan fingerprint density at radius 1 is 0.758 bits per heavy atom. The second-order valence-electron chi connectivity index (χ2n) is 8.16. The fraction of sp³-hybridized carbons (Fsp3) is 0.107. The molecule has 0 fully saturated rings. The van der Waals surface area contributed by atoms with Crippen LogP contribution in [0.4, 0.5) is 11.5 Å². The van der Waals surface area contributed by atoms with Gasteiger partial charge in [0.2, 0.25) is 0 Å². The molecule has 1 N–H and O–H groups in total. The van der Waals surface area contributed by atoms with Gasteiger partial charge in [-0.1, -0.05) is 48.5 Å². The highest BCUT2D eigenvalue weighted by Crippen LogP contribution is 2.47. The van der Waals surface area contributed by atoms with E-state index in [4.69, 9.17) is 14.5 Å². The van der Waals surface area contributed by atoms with Crippen LogP contribution in [0.15, 0.2) is 78.9 Å². The first-order chi connectivity index (χ1) is 16.2. The number of aryl methyl sites for hydroxylation is 1. The van der Waals surface area contributed by atoms with Crippen molar-refractivity contribution in [1.29, 1.82) is 0 Å². The molecular weight excluding hydrogens is 410 g/mol. The third-order valence-electron chi connectivity index (χ3n) is 6.29. The molecule has 0 unspecified atom stereocenters. The van der Waals surface area contributed by atoms with Gasteiger partial charge in [0.05, 0.1) is 25.6 Å². The lowest BCUT2D eigenvalue weighted by Gasteiger charge is -2.25. The van der Waals surface area contributed by atoms with Crippen molar-refractivity contribution in [3.63, 3.8) is 0 Å². The van der Waals surface area contributed by atoms with Crippen LogP contribution in [0.3, 0.4) is 0 Å². The number of rotatable bonds is 4. The summed E-state index contributed by atoms with van der Waals surface area (Å²) >= 11 is 0. The van der Waals surface area contributed by atoms with Gasteiger partial charge in [-0.2, -0.15) is 0 Å². The minimum Gasteiger partial charge on any atom is -0.493 e. The predicted octanol–water partition coefficient (Wildman–Crippen LogP) is 6.72. The van der Waals surface area contributed by atoms with E-state index in [1.54, 1.807) is 14.2 Å². The number of benzene rings is 3. The normalized spacial score (nSPS) is 11.7. The largest absolute Gasteiger partial charge is 0.493 e. The molecule has 0 bridgehead atoms. The zero-order valence-corrected chi connectivity index (χ0v) is 18.7. The summed E-state index contributed by atoms with van der Waals surface area (Å²) in [5, 5.41) is 3.69. The SMILES string of the molecule is COc1ccc(-c2nc3ccc(-c4ccccc4)c4n3c2Nc2c(C)cccc2-4)cc1OC. The van der Waals surface area contributed by atoms with Gasteiger partial charge >= 0.3 is 0 Å². The molecule has 0 atom stereocenters. The lowest BCUT2D eigenvalue weighted by molar-refractivity contribution is 0.355. The summed E-state index contributed by atoms with van der Waals surface area (Å²) in [4.78, 5) is 5.04. The Morgan fingerprint density at radius 2 is 1.58 bits per heavy atom. The number of hydrogen-bond donors (Lipinski definition) is 1. The van der Waals surface area contributed by atoms with Crippen molar-refractivity contribution in [2.24, 2.45) is 0 Å². The molecule has 3 aromatic carbocycles. The number of pyridine rings is 1. The van der Waals surface area contributed by atoms with E-state index in [9.17, 15) is 0 Å². The summed E-state index contributed by atoms with van der Waals surface area (Å²) in [6.45, 7) is 2.14. The van der Waals surface area contributed by atoms with Gasteiger partial charge < -0.3 is 14.8 Å². The first-order valence-corrected chi connectivity index (χ1v) is 10.9. The molecule has 0 radical (unpaired) electrons. The Morgan fingerprint density at radius 3 is 2.36 bits per heavy atom. The van der Waals surface area contributed by atoms with Gasteiger partial charge in [-0.15, -0.1) is 0 Å². The van der Waals surface area contributed by atoms with Crippen LogP contribution in [0.5, 0.6) is 11.5 Å². The molecule has 162 valence electrons. The number of methoxy groups -OCH3 is 2. The average molecular weight is 434 g/mol. The minimum atomic E-state index is 0.678. The number of para-hydroxylation sites is 1. The van der Waals surface area contributed by atoms with Crippen molar-refractivity contribution < 1.29 is 9.47 Å². The molecule has 5 heteroatoms. The molecule has 5 aromatic rings. The Labute approximate surface area is 192 Å². The summed E-state index contributed by atoms with van der Waals surface area (Å²) in [6, 6.07) is 27.1. The van der Waals surface area contributed by atoms with Crippen LogP contribution in [0.2, 0.25) is 0 Å². The fourth-order valence-electron chi connectivity index (χ4n) is 4.70. The van der Waals surface area contributed by atoms with Crippen molar-refractivity contribution in [1.82, 2.24) is 9.38 Å². The third kappa shape index (κ3) is 2.89.